The first-order valence-corrected chi connectivity index (χ1v) is 15.0. The molecule has 2 atom stereocenters. The third-order valence-corrected chi connectivity index (χ3v) is 9.11. The Morgan fingerprint density at radius 3 is 2.62 bits per heavy atom. The van der Waals surface area contributed by atoms with Crippen molar-refractivity contribution in [2.75, 3.05) is 18.5 Å². The van der Waals surface area contributed by atoms with E-state index in [2.05, 4.69) is 20.9 Å². The number of carbonyl (C=O) groups is 4. The molecule has 220 valence electrons. The van der Waals surface area contributed by atoms with Gasteiger partial charge in [-0.25, -0.2) is 14.8 Å². The molecule has 1 saturated carbocycles. The Balaban J connectivity index is 1.20. The normalized spacial score (nSPS) is 19.7. The number of hydrogen-bond donors (Lipinski definition) is 3. The first-order chi connectivity index (χ1) is 20.2. The Labute approximate surface area is 246 Å². The quantitative estimate of drug-likeness (QED) is 0.318. The van der Waals surface area contributed by atoms with Crippen LogP contribution in [0.15, 0.2) is 24.3 Å². The number of amides is 5. The highest BCUT2D eigenvalue weighted by molar-refractivity contribution is 7.18. The van der Waals surface area contributed by atoms with Crippen LogP contribution in [0.4, 0.5) is 10.6 Å². The molecular weight excluding hydrogens is 560 g/mol. The summed E-state index contributed by atoms with van der Waals surface area (Å²) < 4.78 is 12.5. The van der Waals surface area contributed by atoms with E-state index in [4.69, 9.17) is 14.5 Å². The van der Waals surface area contributed by atoms with Crippen molar-refractivity contribution in [2.45, 2.75) is 64.6 Å². The van der Waals surface area contributed by atoms with Crippen molar-refractivity contribution in [1.82, 2.24) is 25.5 Å². The average Bonchev–Trinajstić information content (AvgIpc) is 3.64. The number of thiazole rings is 1. The minimum atomic E-state index is -0.731. The number of benzene rings is 1. The molecule has 2 aliphatic heterocycles. The van der Waals surface area contributed by atoms with Gasteiger partial charge in [-0.05, 0) is 64.2 Å². The lowest BCUT2D eigenvalue weighted by Gasteiger charge is -2.29. The standard InChI is InChI=1S/C29H32N6O6S/c1-4-40-16-12-20(41-5-2)24-21(13-16)42-27(33-24)29(3,15-6-7-15)34-28(39)31-22-10-8-17-18(30-22)14-35(26(17)38)19-9-11-23(36)32-25(19)37/h8,10,12-13,15,19H,4-7,9,11,14H2,1-3H3,(H,32,36,37)(H2,30,31,34,39)/t19?,29-/m0/s1. The molecule has 1 saturated heterocycles. The van der Waals surface area contributed by atoms with E-state index in [0.717, 1.165) is 28.1 Å². The summed E-state index contributed by atoms with van der Waals surface area (Å²) in [6.07, 6.45) is 2.36. The van der Waals surface area contributed by atoms with Crippen LogP contribution >= 0.6 is 11.3 Å². The Morgan fingerprint density at radius 1 is 1.12 bits per heavy atom. The Morgan fingerprint density at radius 2 is 1.90 bits per heavy atom. The van der Waals surface area contributed by atoms with Crippen molar-refractivity contribution >= 4 is 51.1 Å². The van der Waals surface area contributed by atoms with Crippen LogP contribution in [-0.4, -0.2) is 57.9 Å². The number of rotatable bonds is 9. The predicted molar refractivity (Wildman–Crippen MR) is 154 cm³/mol. The first-order valence-electron chi connectivity index (χ1n) is 14.1. The van der Waals surface area contributed by atoms with E-state index < -0.39 is 23.5 Å². The zero-order valence-corrected chi connectivity index (χ0v) is 24.4. The minimum Gasteiger partial charge on any atom is -0.494 e. The molecule has 1 aromatic carbocycles. The predicted octanol–water partition coefficient (Wildman–Crippen LogP) is 3.70. The lowest BCUT2D eigenvalue weighted by Crippen LogP contribution is -2.52. The van der Waals surface area contributed by atoms with Crippen LogP contribution in [0.3, 0.4) is 0 Å². The third-order valence-electron chi connectivity index (χ3n) is 7.87. The van der Waals surface area contributed by atoms with Crippen molar-refractivity contribution in [3.05, 3.63) is 40.5 Å². The summed E-state index contributed by atoms with van der Waals surface area (Å²) in [6, 6.07) is 5.79. The van der Waals surface area contributed by atoms with E-state index in [9.17, 15) is 19.2 Å². The van der Waals surface area contributed by atoms with Crippen molar-refractivity contribution < 1.29 is 28.7 Å². The molecule has 5 amide bonds. The number of urea groups is 1. The number of carbonyl (C=O) groups excluding carboxylic acids is 4. The molecule has 4 heterocycles. The van der Waals surface area contributed by atoms with E-state index in [1.54, 1.807) is 12.1 Å². The van der Waals surface area contributed by atoms with Crippen LogP contribution in [-0.2, 0) is 21.7 Å². The molecule has 42 heavy (non-hydrogen) atoms. The number of fused-ring (bicyclic) bond motifs is 2. The first kappa shape index (κ1) is 27.9. The molecule has 13 heteroatoms. The molecule has 2 aromatic heterocycles. The van der Waals surface area contributed by atoms with Gasteiger partial charge in [0.05, 0.1) is 41.3 Å². The zero-order chi connectivity index (χ0) is 29.6. The van der Waals surface area contributed by atoms with Gasteiger partial charge in [0.2, 0.25) is 11.8 Å². The van der Waals surface area contributed by atoms with Gasteiger partial charge in [0.15, 0.2) is 0 Å². The van der Waals surface area contributed by atoms with Gasteiger partial charge in [0, 0.05) is 12.5 Å². The largest absolute Gasteiger partial charge is 0.494 e. The minimum absolute atomic E-state index is 0.120. The highest BCUT2D eigenvalue weighted by Gasteiger charge is 2.46. The summed E-state index contributed by atoms with van der Waals surface area (Å²) in [6.45, 7) is 6.97. The summed E-state index contributed by atoms with van der Waals surface area (Å²) in [5.41, 5.74) is 0.852. The highest BCUT2D eigenvalue weighted by atomic mass is 32.1. The SMILES string of the molecule is CCOc1cc(OCC)c2nc([C@@](C)(NC(=O)Nc3ccc4c(n3)CN(C3CCC(=O)NC3=O)C4=O)C3CC3)sc2c1. The van der Waals surface area contributed by atoms with Crippen LogP contribution in [0.2, 0.25) is 0 Å². The van der Waals surface area contributed by atoms with E-state index in [1.807, 2.05) is 32.9 Å². The number of hydrogen-bond acceptors (Lipinski definition) is 9. The lowest BCUT2D eigenvalue weighted by atomic mass is 9.97. The number of nitrogens with one attached hydrogen (secondary N) is 3. The fourth-order valence-corrected chi connectivity index (χ4v) is 6.78. The number of anilines is 1. The topological polar surface area (TPSA) is 152 Å². The second kappa shape index (κ2) is 10.9. The molecule has 6 rings (SSSR count). The lowest BCUT2D eigenvalue weighted by molar-refractivity contribution is -0.136. The number of aromatic nitrogens is 2. The maximum atomic E-state index is 13.3. The Kier molecular flexibility index (Phi) is 7.21. The number of nitrogens with zero attached hydrogens (tertiary/aromatic N) is 3. The summed E-state index contributed by atoms with van der Waals surface area (Å²) in [5.74, 6) is 0.711. The van der Waals surface area contributed by atoms with Crippen LogP contribution < -0.4 is 25.4 Å². The number of piperidine rings is 1. The molecule has 2 fully saturated rings. The van der Waals surface area contributed by atoms with Crippen molar-refractivity contribution in [3.8, 4) is 11.5 Å². The summed E-state index contributed by atoms with van der Waals surface area (Å²) in [4.78, 5) is 61.0. The molecule has 1 aliphatic carbocycles. The van der Waals surface area contributed by atoms with Gasteiger partial charge in [-0.2, -0.15) is 0 Å². The molecule has 3 aliphatic rings. The van der Waals surface area contributed by atoms with Crippen molar-refractivity contribution in [1.29, 1.82) is 0 Å². The number of imide groups is 1. The van der Waals surface area contributed by atoms with Crippen LogP contribution in [0.1, 0.15) is 67.5 Å². The van der Waals surface area contributed by atoms with Crippen LogP contribution in [0, 0.1) is 5.92 Å². The van der Waals surface area contributed by atoms with Gasteiger partial charge >= 0.3 is 6.03 Å². The summed E-state index contributed by atoms with van der Waals surface area (Å²) in [5, 5.41) is 9.02. The zero-order valence-electron chi connectivity index (χ0n) is 23.6. The van der Waals surface area contributed by atoms with Gasteiger partial charge in [-0.15, -0.1) is 11.3 Å². The Bertz CT molecular complexity index is 1600. The molecule has 1 unspecified atom stereocenters. The number of pyridine rings is 1. The maximum Gasteiger partial charge on any atom is 0.321 e. The van der Waals surface area contributed by atoms with Gasteiger partial charge in [0.1, 0.15) is 33.9 Å². The second-order valence-electron chi connectivity index (χ2n) is 10.8. The van der Waals surface area contributed by atoms with Crippen molar-refractivity contribution in [3.63, 3.8) is 0 Å². The van der Waals surface area contributed by atoms with E-state index in [1.165, 1.54) is 16.2 Å². The number of ether oxygens (including phenoxy) is 2. The van der Waals surface area contributed by atoms with Gasteiger partial charge < -0.3 is 19.7 Å². The van der Waals surface area contributed by atoms with Crippen molar-refractivity contribution in [2.24, 2.45) is 5.92 Å². The fourth-order valence-electron chi connectivity index (χ4n) is 5.59. The smallest absolute Gasteiger partial charge is 0.321 e. The molecule has 3 N–H and O–H groups in total. The second-order valence-corrected chi connectivity index (χ2v) is 11.8. The fraction of sp³-hybridized carbons (Fsp3) is 0.448. The third kappa shape index (κ3) is 5.13. The monoisotopic (exact) mass is 592 g/mol. The molecule has 3 aromatic rings. The van der Waals surface area contributed by atoms with E-state index in [0.29, 0.717) is 36.0 Å². The Hall–Kier alpha value is -4.26. The average molecular weight is 593 g/mol. The van der Waals surface area contributed by atoms with Gasteiger partial charge in [-0.1, -0.05) is 0 Å². The van der Waals surface area contributed by atoms with Gasteiger partial charge in [-0.3, -0.25) is 25.0 Å². The highest BCUT2D eigenvalue weighted by Crippen LogP contribution is 2.48. The molecule has 0 spiro atoms. The van der Waals surface area contributed by atoms with Crippen LogP contribution in [0.25, 0.3) is 10.2 Å². The maximum absolute atomic E-state index is 13.3. The summed E-state index contributed by atoms with van der Waals surface area (Å²) in [7, 11) is 0. The molecule has 0 bridgehead atoms. The molecule has 12 nitrogen and oxygen atoms in total. The van der Waals surface area contributed by atoms with E-state index in [-0.39, 0.29) is 42.9 Å². The summed E-state index contributed by atoms with van der Waals surface area (Å²) >= 11 is 1.51. The van der Waals surface area contributed by atoms with E-state index >= 15 is 0 Å². The van der Waals surface area contributed by atoms with Crippen LogP contribution in [0.5, 0.6) is 11.5 Å². The molecular formula is C29H32N6O6S. The molecule has 0 radical (unpaired) electrons. The van der Waals surface area contributed by atoms with Gasteiger partial charge in [0.25, 0.3) is 5.91 Å².